The van der Waals surface area contributed by atoms with Gasteiger partial charge in [0, 0.05) is 24.2 Å². The first-order valence-corrected chi connectivity index (χ1v) is 8.16. The molecule has 122 valence electrons. The minimum Gasteiger partial charge on any atom is -0.387 e. The molecule has 0 amide bonds. The van der Waals surface area contributed by atoms with Crippen LogP contribution < -0.4 is 0 Å². The van der Waals surface area contributed by atoms with E-state index < -0.39 is 6.10 Å². The molecule has 0 aliphatic carbocycles. The lowest BCUT2D eigenvalue weighted by Gasteiger charge is -2.50. The smallest absolute Gasteiger partial charge is 0.0952 e. The Bertz CT molecular complexity index is 699. The molecule has 0 radical (unpaired) electrons. The van der Waals surface area contributed by atoms with Crippen LogP contribution in [0, 0.1) is 11.8 Å². The van der Waals surface area contributed by atoms with Gasteiger partial charge in [0.2, 0.25) is 0 Å². The third-order valence-corrected chi connectivity index (χ3v) is 5.52. The van der Waals surface area contributed by atoms with E-state index in [9.17, 15) is 5.11 Å². The minimum atomic E-state index is -0.443. The molecular weight excluding hydrogens is 352 g/mol. The minimum absolute atomic E-state index is 0. The number of para-hydroxylation sites is 1. The summed E-state index contributed by atoms with van der Waals surface area (Å²) in [5.74, 6) is 1.27. The van der Waals surface area contributed by atoms with Crippen LogP contribution in [0.1, 0.15) is 24.5 Å². The number of aliphatic hydroxyl groups is 1. The maximum Gasteiger partial charge on any atom is 0.0952 e. The van der Waals surface area contributed by atoms with Gasteiger partial charge in [-0.15, -0.1) is 23.6 Å². The molecule has 3 aliphatic rings. The summed E-state index contributed by atoms with van der Waals surface area (Å²) in [5.41, 5.74) is 1.97. The summed E-state index contributed by atoms with van der Waals surface area (Å²) in [7, 11) is 0. The van der Waals surface area contributed by atoms with Crippen LogP contribution >= 0.6 is 17.0 Å². The highest BCUT2D eigenvalue weighted by molar-refractivity contribution is 8.93. The van der Waals surface area contributed by atoms with Gasteiger partial charge in [-0.2, -0.15) is 0 Å². The van der Waals surface area contributed by atoms with Crippen LogP contribution in [0.25, 0.3) is 10.9 Å². The quantitative estimate of drug-likeness (QED) is 0.831. The Kier molecular flexibility index (Phi) is 4.85. The van der Waals surface area contributed by atoms with Gasteiger partial charge in [-0.25, -0.2) is 0 Å². The van der Waals surface area contributed by atoms with E-state index in [0.29, 0.717) is 11.8 Å². The number of halogens is 1. The number of nitrogens with zero attached hydrogens (tertiary/aromatic N) is 2. The molecule has 1 aromatic heterocycles. The standard InChI is InChI=1S/C19H22N2O.BrH/c1-2-13-12-21-10-8-14(13)11-18(21)19(22)16-7-9-20-17-6-4-3-5-15(16)17;/h2-7,9,13-14,18-19,22H,1,8,10-12H2;1H/t13-,14-,18-,19+;/m0./s1. The molecule has 1 aromatic carbocycles. The number of pyridine rings is 1. The summed E-state index contributed by atoms with van der Waals surface area (Å²) in [6.45, 7) is 6.11. The SMILES string of the molecule is Br.C=C[C@H]1CN2CC[C@H]1C[C@H]2[C@H](O)c1ccnc2ccccc12. The van der Waals surface area contributed by atoms with E-state index in [0.717, 1.165) is 36.0 Å². The number of benzene rings is 1. The van der Waals surface area contributed by atoms with Crippen molar-refractivity contribution < 1.29 is 5.11 Å². The third kappa shape index (κ3) is 2.84. The number of aliphatic hydroxyl groups excluding tert-OH is 1. The number of hydrogen-bond acceptors (Lipinski definition) is 3. The van der Waals surface area contributed by atoms with Gasteiger partial charge in [-0.3, -0.25) is 9.88 Å². The van der Waals surface area contributed by atoms with Crippen molar-refractivity contribution in [1.29, 1.82) is 0 Å². The molecule has 0 saturated carbocycles. The van der Waals surface area contributed by atoms with Crippen LogP contribution in [-0.4, -0.2) is 34.1 Å². The van der Waals surface area contributed by atoms with E-state index in [4.69, 9.17) is 0 Å². The summed E-state index contributed by atoms with van der Waals surface area (Å²) in [6, 6.07) is 10.3. The molecule has 5 rings (SSSR count). The molecule has 1 N–H and O–H groups in total. The molecule has 23 heavy (non-hydrogen) atoms. The summed E-state index contributed by atoms with van der Waals surface area (Å²) in [5, 5.41) is 12.1. The van der Waals surface area contributed by atoms with Crippen molar-refractivity contribution in [2.75, 3.05) is 13.1 Å². The number of rotatable bonds is 3. The Balaban J connectivity index is 0.00000156. The number of hydrogen-bond donors (Lipinski definition) is 1. The predicted molar refractivity (Wildman–Crippen MR) is 98.8 cm³/mol. The van der Waals surface area contributed by atoms with Gasteiger partial charge < -0.3 is 5.11 Å². The van der Waals surface area contributed by atoms with Gasteiger partial charge in [-0.05, 0) is 48.9 Å². The average molecular weight is 375 g/mol. The highest BCUT2D eigenvalue weighted by Gasteiger charge is 2.42. The summed E-state index contributed by atoms with van der Waals surface area (Å²) >= 11 is 0. The molecule has 3 aliphatic heterocycles. The third-order valence-electron chi connectivity index (χ3n) is 5.52. The second-order valence-corrected chi connectivity index (χ2v) is 6.61. The Morgan fingerprint density at radius 1 is 1.30 bits per heavy atom. The van der Waals surface area contributed by atoms with Crippen LogP contribution in [0.3, 0.4) is 0 Å². The summed E-state index contributed by atoms with van der Waals surface area (Å²) in [4.78, 5) is 6.86. The molecule has 3 saturated heterocycles. The van der Waals surface area contributed by atoms with Gasteiger partial charge in [0.1, 0.15) is 0 Å². The fraction of sp³-hybridized carbons (Fsp3) is 0.421. The van der Waals surface area contributed by atoms with E-state index in [-0.39, 0.29) is 23.0 Å². The summed E-state index contributed by atoms with van der Waals surface area (Å²) < 4.78 is 0. The zero-order valence-electron chi connectivity index (χ0n) is 13.1. The van der Waals surface area contributed by atoms with Gasteiger partial charge >= 0.3 is 0 Å². The highest BCUT2D eigenvalue weighted by atomic mass is 79.9. The maximum atomic E-state index is 11.0. The first-order chi connectivity index (χ1) is 10.8. The molecule has 1 unspecified atom stereocenters. The Morgan fingerprint density at radius 2 is 2.13 bits per heavy atom. The van der Waals surface area contributed by atoms with E-state index in [1.807, 2.05) is 30.5 Å². The van der Waals surface area contributed by atoms with Crippen molar-refractivity contribution in [3.05, 3.63) is 54.7 Å². The van der Waals surface area contributed by atoms with E-state index in [1.54, 1.807) is 0 Å². The maximum absolute atomic E-state index is 11.0. The van der Waals surface area contributed by atoms with Crippen LogP contribution in [0.15, 0.2) is 49.2 Å². The van der Waals surface area contributed by atoms with Crippen LogP contribution in [-0.2, 0) is 0 Å². The number of piperidine rings is 3. The monoisotopic (exact) mass is 374 g/mol. The van der Waals surface area contributed by atoms with E-state index >= 15 is 0 Å². The lowest BCUT2D eigenvalue weighted by Crippen LogP contribution is -2.54. The second-order valence-electron chi connectivity index (χ2n) is 6.61. The lowest BCUT2D eigenvalue weighted by atomic mass is 9.73. The molecule has 3 fully saturated rings. The lowest BCUT2D eigenvalue weighted by molar-refractivity contribution is -0.0444. The van der Waals surface area contributed by atoms with Crippen molar-refractivity contribution >= 4 is 27.9 Å². The average Bonchev–Trinajstić information content (AvgIpc) is 2.60. The Morgan fingerprint density at radius 3 is 2.87 bits per heavy atom. The van der Waals surface area contributed by atoms with Crippen LogP contribution in [0.5, 0.6) is 0 Å². The molecule has 3 nitrogen and oxygen atoms in total. The largest absolute Gasteiger partial charge is 0.387 e. The van der Waals surface area contributed by atoms with Gasteiger partial charge in [-0.1, -0.05) is 24.3 Å². The van der Waals surface area contributed by atoms with Gasteiger partial charge in [0.25, 0.3) is 0 Å². The van der Waals surface area contributed by atoms with Crippen molar-refractivity contribution in [3.8, 4) is 0 Å². The zero-order valence-corrected chi connectivity index (χ0v) is 14.8. The molecule has 4 heteroatoms. The fourth-order valence-electron chi connectivity index (χ4n) is 4.29. The zero-order chi connectivity index (χ0) is 15.1. The second kappa shape index (κ2) is 6.71. The first-order valence-electron chi connectivity index (χ1n) is 8.16. The highest BCUT2D eigenvalue weighted by Crippen LogP contribution is 2.41. The predicted octanol–water partition coefficient (Wildman–Crippen LogP) is 3.74. The Hall–Kier alpha value is -1.23. The van der Waals surface area contributed by atoms with E-state index in [1.165, 1.54) is 6.42 Å². The summed E-state index contributed by atoms with van der Waals surface area (Å²) in [6.07, 6.45) is 5.76. The molecule has 4 heterocycles. The normalized spacial score (nSPS) is 30.7. The molecular formula is C19H23BrN2O. The number of fused-ring (bicyclic) bond motifs is 4. The van der Waals surface area contributed by atoms with Gasteiger partial charge in [0.05, 0.1) is 11.6 Å². The first kappa shape index (κ1) is 16.6. The fourth-order valence-corrected chi connectivity index (χ4v) is 4.29. The Labute approximate surface area is 147 Å². The van der Waals surface area contributed by atoms with E-state index in [2.05, 4.69) is 28.6 Å². The van der Waals surface area contributed by atoms with Crippen LogP contribution in [0.4, 0.5) is 0 Å². The van der Waals surface area contributed by atoms with Crippen molar-refractivity contribution in [3.63, 3.8) is 0 Å². The topological polar surface area (TPSA) is 36.4 Å². The molecule has 0 spiro atoms. The molecule has 5 atom stereocenters. The van der Waals surface area contributed by atoms with Crippen molar-refractivity contribution in [2.45, 2.75) is 25.0 Å². The van der Waals surface area contributed by atoms with Crippen molar-refractivity contribution in [2.24, 2.45) is 11.8 Å². The molecule has 2 bridgehead atoms. The van der Waals surface area contributed by atoms with Crippen LogP contribution in [0.2, 0.25) is 0 Å². The molecule has 2 aromatic rings. The van der Waals surface area contributed by atoms with Crippen molar-refractivity contribution in [1.82, 2.24) is 9.88 Å². The van der Waals surface area contributed by atoms with Gasteiger partial charge in [0.15, 0.2) is 0 Å². The number of aromatic nitrogens is 1.